The molecular formula is C14H23N3S. The molecule has 1 aromatic heterocycles. The Hall–Kier alpha value is -0.740. The van der Waals surface area contributed by atoms with Crippen molar-refractivity contribution in [1.82, 2.24) is 14.9 Å². The maximum absolute atomic E-state index is 4.26. The average molecular weight is 265 g/mol. The lowest BCUT2D eigenvalue weighted by Crippen LogP contribution is -2.25. The highest BCUT2D eigenvalue weighted by atomic mass is 32.1. The molecule has 18 heavy (non-hydrogen) atoms. The largest absolute Gasteiger partial charge is 0.306 e. The van der Waals surface area contributed by atoms with Crippen LogP contribution in [0.3, 0.4) is 0 Å². The average Bonchev–Trinajstić information content (AvgIpc) is 2.89. The molecule has 0 saturated heterocycles. The number of aromatic nitrogens is 2. The lowest BCUT2D eigenvalue weighted by Gasteiger charge is -2.23. The number of hydrogen-bond acceptors (Lipinski definition) is 4. The van der Waals surface area contributed by atoms with Gasteiger partial charge in [0.25, 0.3) is 0 Å². The second-order valence-electron chi connectivity index (χ2n) is 4.85. The normalized spacial score (nSPS) is 17.6. The molecule has 2 rings (SSSR count). The summed E-state index contributed by atoms with van der Waals surface area (Å²) in [6.07, 6.45) is 9.68. The monoisotopic (exact) mass is 265 g/mol. The van der Waals surface area contributed by atoms with Gasteiger partial charge in [0, 0.05) is 0 Å². The van der Waals surface area contributed by atoms with Gasteiger partial charge < -0.3 is 5.32 Å². The minimum atomic E-state index is 0.361. The first-order chi connectivity index (χ1) is 8.86. The molecule has 4 heteroatoms. The van der Waals surface area contributed by atoms with Crippen LogP contribution >= 0.6 is 11.5 Å². The van der Waals surface area contributed by atoms with E-state index in [-0.39, 0.29) is 0 Å². The number of rotatable bonds is 6. The van der Waals surface area contributed by atoms with Gasteiger partial charge in [-0.2, -0.15) is 0 Å². The molecule has 1 heterocycles. The molecule has 1 aliphatic carbocycles. The molecule has 1 atom stereocenters. The third-order valence-corrected chi connectivity index (χ3v) is 4.31. The topological polar surface area (TPSA) is 37.8 Å². The summed E-state index contributed by atoms with van der Waals surface area (Å²) in [6, 6.07) is 0.361. The van der Waals surface area contributed by atoms with Gasteiger partial charge in [-0.05, 0) is 56.6 Å². The molecule has 0 saturated carbocycles. The lowest BCUT2D eigenvalue weighted by atomic mass is 9.92. The highest BCUT2D eigenvalue weighted by Gasteiger charge is 2.22. The van der Waals surface area contributed by atoms with Crippen LogP contribution in [0.15, 0.2) is 11.6 Å². The lowest BCUT2D eigenvalue weighted by molar-refractivity contribution is 0.549. The fraction of sp³-hybridized carbons (Fsp3) is 0.714. The predicted molar refractivity (Wildman–Crippen MR) is 76.9 cm³/mol. The quantitative estimate of drug-likeness (QED) is 0.798. The van der Waals surface area contributed by atoms with Crippen LogP contribution < -0.4 is 5.32 Å². The summed E-state index contributed by atoms with van der Waals surface area (Å²) in [4.78, 5) is 1.33. The fourth-order valence-corrected chi connectivity index (χ4v) is 3.34. The zero-order valence-corrected chi connectivity index (χ0v) is 12.2. The number of nitrogens with zero attached hydrogens (tertiary/aromatic N) is 2. The van der Waals surface area contributed by atoms with Crippen LogP contribution in [-0.2, 0) is 6.42 Å². The van der Waals surface area contributed by atoms with E-state index >= 15 is 0 Å². The smallest absolute Gasteiger partial charge is 0.0804 e. The van der Waals surface area contributed by atoms with Gasteiger partial charge >= 0.3 is 0 Å². The summed E-state index contributed by atoms with van der Waals surface area (Å²) < 4.78 is 4.14. The van der Waals surface area contributed by atoms with Crippen molar-refractivity contribution in [3.05, 3.63) is 22.2 Å². The van der Waals surface area contributed by atoms with Crippen molar-refractivity contribution in [3.63, 3.8) is 0 Å². The number of aryl methyl sites for hydroxylation is 1. The number of hydrogen-bond donors (Lipinski definition) is 1. The Kier molecular flexibility index (Phi) is 5.32. The fourth-order valence-electron chi connectivity index (χ4n) is 2.49. The molecule has 1 aliphatic rings. The van der Waals surface area contributed by atoms with Crippen molar-refractivity contribution < 1.29 is 0 Å². The van der Waals surface area contributed by atoms with E-state index in [1.165, 1.54) is 36.3 Å². The Morgan fingerprint density at radius 3 is 2.94 bits per heavy atom. The molecule has 100 valence electrons. The minimum Gasteiger partial charge on any atom is -0.306 e. The second-order valence-corrected chi connectivity index (χ2v) is 5.64. The first kappa shape index (κ1) is 13.7. The van der Waals surface area contributed by atoms with Crippen molar-refractivity contribution >= 4 is 11.5 Å². The molecule has 0 radical (unpaired) electrons. The molecule has 0 spiro atoms. The molecule has 0 aromatic carbocycles. The van der Waals surface area contributed by atoms with Crippen LogP contribution in [0, 0.1) is 0 Å². The number of allylic oxidation sites excluding steroid dienone is 1. The Morgan fingerprint density at radius 2 is 2.28 bits per heavy atom. The number of nitrogens with one attached hydrogen (secondary N) is 1. The van der Waals surface area contributed by atoms with Crippen LogP contribution in [0.2, 0.25) is 0 Å². The van der Waals surface area contributed by atoms with Gasteiger partial charge in [-0.3, -0.25) is 0 Å². The summed E-state index contributed by atoms with van der Waals surface area (Å²) in [5.41, 5.74) is 2.72. The molecule has 1 N–H and O–H groups in total. The highest BCUT2D eigenvalue weighted by molar-refractivity contribution is 7.05. The standard InChI is InChI=1S/C14H23N3S/c1-3-10-15-13(11-8-6-5-7-9-11)14-12(4-2)16-17-18-14/h8,13,15H,3-7,9-10H2,1-2H3. The zero-order chi connectivity index (χ0) is 12.8. The van der Waals surface area contributed by atoms with Crippen LogP contribution in [-0.4, -0.2) is 16.1 Å². The van der Waals surface area contributed by atoms with E-state index < -0.39 is 0 Å². The predicted octanol–water partition coefficient (Wildman–Crippen LogP) is 3.64. The summed E-state index contributed by atoms with van der Waals surface area (Å²) in [5.74, 6) is 0. The minimum absolute atomic E-state index is 0.361. The molecule has 0 bridgehead atoms. The van der Waals surface area contributed by atoms with E-state index in [0.29, 0.717) is 6.04 Å². The molecule has 0 aliphatic heterocycles. The van der Waals surface area contributed by atoms with Crippen molar-refractivity contribution in [3.8, 4) is 0 Å². The van der Waals surface area contributed by atoms with Crippen molar-refractivity contribution in [2.75, 3.05) is 6.54 Å². The van der Waals surface area contributed by atoms with E-state index in [4.69, 9.17) is 0 Å². The van der Waals surface area contributed by atoms with Crippen molar-refractivity contribution in [2.45, 2.75) is 58.4 Å². The SMILES string of the molecule is CCCNC(C1=CCCCC1)c1snnc1CC. The first-order valence-corrected chi connectivity index (χ1v) is 7.87. The Balaban J connectivity index is 2.21. The van der Waals surface area contributed by atoms with Crippen LogP contribution in [0.5, 0.6) is 0 Å². The van der Waals surface area contributed by atoms with Crippen LogP contribution in [0.25, 0.3) is 0 Å². The second kappa shape index (κ2) is 7.00. The summed E-state index contributed by atoms with van der Waals surface area (Å²) in [6.45, 7) is 5.43. The van der Waals surface area contributed by atoms with Crippen LogP contribution in [0.1, 0.15) is 62.6 Å². The van der Waals surface area contributed by atoms with E-state index in [1.54, 1.807) is 17.1 Å². The summed E-state index contributed by atoms with van der Waals surface area (Å²) >= 11 is 1.56. The molecule has 0 amide bonds. The third-order valence-electron chi connectivity index (χ3n) is 3.48. The van der Waals surface area contributed by atoms with Gasteiger partial charge in [0.15, 0.2) is 0 Å². The zero-order valence-electron chi connectivity index (χ0n) is 11.4. The third kappa shape index (κ3) is 3.18. The molecular weight excluding hydrogens is 242 g/mol. The molecule has 1 aromatic rings. The Labute approximate surface area is 114 Å². The Bertz CT molecular complexity index is 397. The van der Waals surface area contributed by atoms with E-state index in [0.717, 1.165) is 19.4 Å². The van der Waals surface area contributed by atoms with Gasteiger partial charge in [-0.15, -0.1) is 5.10 Å². The maximum atomic E-state index is 4.26. The first-order valence-electron chi connectivity index (χ1n) is 7.10. The van der Waals surface area contributed by atoms with Gasteiger partial charge in [-0.1, -0.05) is 30.0 Å². The van der Waals surface area contributed by atoms with Gasteiger partial charge in [-0.25, -0.2) is 0 Å². The van der Waals surface area contributed by atoms with Crippen molar-refractivity contribution in [1.29, 1.82) is 0 Å². The molecule has 1 unspecified atom stereocenters. The van der Waals surface area contributed by atoms with E-state index in [9.17, 15) is 0 Å². The Morgan fingerprint density at radius 1 is 1.39 bits per heavy atom. The van der Waals surface area contributed by atoms with E-state index in [2.05, 4.69) is 34.8 Å². The maximum Gasteiger partial charge on any atom is 0.0804 e. The van der Waals surface area contributed by atoms with Gasteiger partial charge in [0.05, 0.1) is 16.6 Å². The summed E-state index contributed by atoms with van der Waals surface area (Å²) in [7, 11) is 0. The molecule has 0 fully saturated rings. The summed E-state index contributed by atoms with van der Waals surface area (Å²) in [5, 5.41) is 7.94. The molecule has 3 nitrogen and oxygen atoms in total. The van der Waals surface area contributed by atoms with Gasteiger partial charge in [0.2, 0.25) is 0 Å². The van der Waals surface area contributed by atoms with Gasteiger partial charge in [0.1, 0.15) is 0 Å². The highest BCUT2D eigenvalue weighted by Crippen LogP contribution is 2.33. The van der Waals surface area contributed by atoms with E-state index in [1.807, 2.05) is 0 Å². The van der Waals surface area contributed by atoms with Crippen LogP contribution in [0.4, 0.5) is 0 Å². The van der Waals surface area contributed by atoms with Crippen molar-refractivity contribution in [2.24, 2.45) is 0 Å².